The minimum absolute atomic E-state index is 0.0921. The number of hydrogen-bond acceptors (Lipinski definition) is 5. The summed E-state index contributed by atoms with van der Waals surface area (Å²) in [5.41, 5.74) is 2.69. The van der Waals surface area contributed by atoms with E-state index in [1.54, 1.807) is 12.1 Å². The topological polar surface area (TPSA) is 111 Å². The molecule has 2 aromatic carbocycles. The summed E-state index contributed by atoms with van der Waals surface area (Å²) in [6.07, 6.45) is 0. The summed E-state index contributed by atoms with van der Waals surface area (Å²) in [5, 5.41) is 29.4. The highest BCUT2D eigenvalue weighted by molar-refractivity contribution is 6.08. The van der Waals surface area contributed by atoms with Crippen molar-refractivity contribution in [1.29, 1.82) is 0 Å². The van der Waals surface area contributed by atoms with Crippen molar-refractivity contribution in [3.8, 4) is 17.0 Å². The molecule has 1 heterocycles. The van der Waals surface area contributed by atoms with E-state index in [0.717, 1.165) is 11.1 Å². The number of aromatic hydroxyl groups is 1. The second kappa shape index (κ2) is 10.7. The predicted octanol–water partition coefficient (Wildman–Crippen LogP) is 4.97. The lowest BCUT2D eigenvalue weighted by Crippen LogP contribution is -2.21. The molecular weight excluding hydrogens is 408 g/mol. The summed E-state index contributed by atoms with van der Waals surface area (Å²) in [4.78, 5) is 29.5. The Labute approximate surface area is 188 Å². The third-order valence-electron chi connectivity index (χ3n) is 5.62. The molecule has 1 aromatic heterocycles. The van der Waals surface area contributed by atoms with Gasteiger partial charge in [0.15, 0.2) is 5.75 Å². The Hall–Kier alpha value is -3.45. The molecule has 32 heavy (non-hydrogen) atoms. The number of nitrogens with zero attached hydrogens (tertiary/aromatic N) is 2. The molecule has 0 unspecified atom stereocenters. The first-order chi connectivity index (χ1) is 15.2. The van der Waals surface area contributed by atoms with Gasteiger partial charge in [-0.3, -0.25) is 0 Å². The highest BCUT2D eigenvalue weighted by Crippen LogP contribution is 2.37. The van der Waals surface area contributed by atoms with Crippen LogP contribution < -0.4 is 0 Å². The lowest BCUT2D eigenvalue weighted by molar-refractivity contribution is 0.0685. The van der Waals surface area contributed by atoms with Gasteiger partial charge in [0.05, 0.1) is 11.1 Å². The van der Waals surface area contributed by atoms with E-state index in [1.807, 2.05) is 13.8 Å². The number of pyridine rings is 1. The molecule has 0 saturated carbocycles. The van der Waals surface area contributed by atoms with Gasteiger partial charge in [-0.05, 0) is 56.7 Å². The van der Waals surface area contributed by atoms with Crippen LogP contribution in [0.3, 0.4) is 0 Å². The summed E-state index contributed by atoms with van der Waals surface area (Å²) < 4.78 is 0. The Balaban J connectivity index is 0.000000451. The summed E-state index contributed by atoms with van der Waals surface area (Å²) in [5.74, 6) is -2.76. The number of hydrogen-bond donors (Lipinski definition) is 3. The average Bonchev–Trinajstić information content (AvgIpc) is 2.77. The molecule has 170 valence electrons. The molecule has 0 fully saturated rings. The van der Waals surface area contributed by atoms with Crippen LogP contribution in [-0.2, 0) is 0 Å². The van der Waals surface area contributed by atoms with Crippen LogP contribution in [0.15, 0.2) is 36.4 Å². The number of benzene rings is 2. The Morgan fingerprint density at radius 3 is 1.88 bits per heavy atom. The van der Waals surface area contributed by atoms with Crippen molar-refractivity contribution < 1.29 is 24.9 Å². The van der Waals surface area contributed by atoms with Gasteiger partial charge in [-0.2, -0.15) is 0 Å². The van der Waals surface area contributed by atoms with Gasteiger partial charge in [-0.25, -0.2) is 14.6 Å². The van der Waals surface area contributed by atoms with Crippen molar-refractivity contribution in [2.75, 3.05) is 19.6 Å². The van der Waals surface area contributed by atoms with Crippen LogP contribution in [-0.4, -0.2) is 56.8 Å². The fourth-order valence-corrected chi connectivity index (χ4v) is 3.42. The molecule has 3 N–H and O–H groups in total. The molecule has 0 amide bonds. The molecule has 0 saturated heterocycles. The molecule has 3 aromatic rings. The maximum atomic E-state index is 11.7. The third-order valence-corrected chi connectivity index (χ3v) is 5.62. The van der Waals surface area contributed by atoms with Gasteiger partial charge in [0.1, 0.15) is 11.3 Å². The number of aromatic nitrogens is 1. The van der Waals surface area contributed by atoms with E-state index in [2.05, 4.69) is 30.7 Å². The molecule has 0 aliphatic rings. The number of carboxylic acids is 2. The third kappa shape index (κ3) is 5.23. The van der Waals surface area contributed by atoms with Gasteiger partial charge >= 0.3 is 11.9 Å². The standard InChI is InChI=1S/C19H15NO5.C6H15N/c1-9-3-8-13-14(19(24)25)17(21)16(20-15(13)10(9)2)11-4-6-12(7-5-11)18(22)23;1-4-7(5-2)6-3/h3-8,21H,1-2H3,(H,22,23)(H,24,25);4-6H2,1-3H3. The zero-order valence-electron chi connectivity index (χ0n) is 19.1. The zero-order valence-corrected chi connectivity index (χ0v) is 19.1. The van der Waals surface area contributed by atoms with Gasteiger partial charge in [0.25, 0.3) is 0 Å². The summed E-state index contributed by atoms with van der Waals surface area (Å²) >= 11 is 0. The van der Waals surface area contributed by atoms with Crippen molar-refractivity contribution in [3.05, 3.63) is 58.7 Å². The molecule has 0 aliphatic heterocycles. The number of aromatic carboxylic acids is 2. The van der Waals surface area contributed by atoms with Crippen LogP contribution in [0.1, 0.15) is 52.6 Å². The summed E-state index contributed by atoms with van der Waals surface area (Å²) in [6.45, 7) is 13.9. The molecule has 7 heteroatoms. The van der Waals surface area contributed by atoms with Crippen LogP contribution in [0, 0.1) is 13.8 Å². The molecule has 0 radical (unpaired) electrons. The van der Waals surface area contributed by atoms with Crippen LogP contribution in [0.4, 0.5) is 0 Å². The largest absolute Gasteiger partial charge is 0.505 e. The Morgan fingerprint density at radius 2 is 1.44 bits per heavy atom. The molecule has 0 bridgehead atoms. The highest BCUT2D eigenvalue weighted by Gasteiger charge is 2.22. The van der Waals surface area contributed by atoms with Gasteiger partial charge in [-0.15, -0.1) is 0 Å². The SMILES string of the molecule is CCN(CC)CC.Cc1ccc2c(C(=O)O)c(O)c(-c3ccc(C(=O)O)cc3)nc2c1C. The number of carboxylic acid groups (broad SMARTS) is 2. The van der Waals surface area contributed by atoms with Crippen molar-refractivity contribution in [1.82, 2.24) is 9.88 Å². The van der Waals surface area contributed by atoms with Gasteiger partial charge in [0.2, 0.25) is 0 Å². The van der Waals surface area contributed by atoms with Crippen LogP contribution in [0.25, 0.3) is 22.2 Å². The number of rotatable bonds is 6. The number of aryl methyl sites for hydroxylation is 2. The Kier molecular flexibility index (Phi) is 8.32. The first-order valence-corrected chi connectivity index (χ1v) is 10.6. The van der Waals surface area contributed by atoms with Crippen molar-refractivity contribution in [2.24, 2.45) is 0 Å². The first-order valence-electron chi connectivity index (χ1n) is 10.6. The van der Waals surface area contributed by atoms with Crippen molar-refractivity contribution in [3.63, 3.8) is 0 Å². The fourth-order valence-electron chi connectivity index (χ4n) is 3.42. The smallest absolute Gasteiger partial charge is 0.340 e. The normalized spacial score (nSPS) is 10.7. The van der Waals surface area contributed by atoms with Crippen molar-refractivity contribution in [2.45, 2.75) is 34.6 Å². The number of fused-ring (bicyclic) bond motifs is 1. The minimum atomic E-state index is -1.25. The maximum Gasteiger partial charge on any atom is 0.340 e. The molecule has 0 aliphatic carbocycles. The van der Waals surface area contributed by atoms with E-state index in [4.69, 9.17) is 5.11 Å². The summed E-state index contributed by atoms with van der Waals surface area (Å²) in [6, 6.07) is 9.17. The van der Waals surface area contributed by atoms with Gasteiger partial charge in [0, 0.05) is 10.9 Å². The average molecular weight is 439 g/mol. The Morgan fingerprint density at radius 1 is 0.875 bits per heavy atom. The van der Waals surface area contributed by atoms with Gasteiger partial charge < -0.3 is 20.2 Å². The predicted molar refractivity (Wildman–Crippen MR) is 126 cm³/mol. The van der Waals surface area contributed by atoms with E-state index in [9.17, 15) is 19.8 Å². The fraction of sp³-hybridized carbons (Fsp3) is 0.320. The monoisotopic (exact) mass is 438 g/mol. The maximum absolute atomic E-state index is 11.7. The van der Waals surface area contributed by atoms with Crippen LogP contribution in [0.5, 0.6) is 5.75 Å². The van der Waals surface area contributed by atoms with Crippen molar-refractivity contribution >= 4 is 22.8 Å². The van der Waals surface area contributed by atoms with E-state index in [0.29, 0.717) is 16.5 Å². The first kappa shape index (κ1) is 24.8. The van der Waals surface area contributed by atoms with Gasteiger partial charge in [-0.1, -0.05) is 45.0 Å². The molecule has 0 atom stereocenters. The minimum Gasteiger partial charge on any atom is -0.505 e. The van der Waals surface area contributed by atoms with E-state index in [1.165, 1.54) is 43.9 Å². The van der Waals surface area contributed by atoms with Crippen LogP contribution >= 0.6 is 0 Å². The summed E-state index contributed by atoms with van der Waals surface area (Å²) in [7, 11) is 0. The lowest BCUT2D eigenvalue weighted by Gasteiger charge is -2.13. The van der Waals surface area contributed by atoms with E-state index >= 15 is 0 Å². The Bertz CT molecular complexity index is 1110. The quantitative estimate of drug-likeness (QED) is 0.498. The molecule has 7 nitrogen and oxygen atoms in total. The van der Waals surface area contributed by atoms with Crippen LogP contribution in [0.2, 0.25) is 0 Å². The molecular formula is C25H30N2O5. The second-order valence-corrected chi connectivity index (χ2v) is 7.39. The number of carbonyl (C=O) groups is 2. The zero-order chi connectivity index (χ0) is 24.0. The molecule has 3 rings (SSSR count). The second-order valence-electron chi connectivity index (χ2n) is 7.39. The molecule has 0 spiro atoms. The van der Waals surface area contributed by atoms with E-state index in [-0.39, 0.29) is 16.8 Å². The lowest BCUT2D eigenvalue weighted by atomic mass is 9.98. The highest BCUT2D eigenvalue weighted by atomic mass is 16.4. The van der Waals surface area contributed by atoms with E-state index < -0.39 is 17.7 Å².